The molecule has 1 N–H and O–H groups in total. The summed E-state index contributed by atoms with van der Waals surface area (Å²) in [5, 5.41) is 3.32. The fourth-order valence-electron chi connectivity index (χ4n) is 3.81. The Hall–Kier alpha value is -2.88. The van der Waals surface area contributed by atoms with Crippen molar-refractivity contribution in [3.8, 4) is 0 Å². The highest BCUT2D eigenvalue weighted by atomic mass is 79.9. The molecule has 2 atom stereocenters. The number of sulfonamides is 1. The lowest BCUT2D eigenvalue weighted by Gasteiger charge is -2.32. The molecule has 0 bridgehead atoms. The van der Waals surface area contributed by atoms with Gasteiger partial charge in [-0.25, -0.2) is 8.42 Å². The number of anilines is 1. The zero-order valence-electron chi connectivity index (χ0n) is 22.4. The molecule has 0 unspecified atom stereocenters. The second-order valence-electron chi connectivity index (χ2n) is 9.44. The van der Waals surface area contributed by atoms with Crippen molar-refractivity contribution in [1.82, 2.24) is 10.2 Å². The Balaban J connectivity index is 2.01. The van der Waals surface area contributed by atoms with Crippen LogP contribution in [0.5, 0.6) is 0 Å². The monoisotopic (exact) mass is 633 g/mol. The van der Waals surface area contributed by atoms with Crippen molar-refractivity contribution in [2.45, 2.75) is 57.6 Å². The fraction of sp³-hybridized carbons (Fsp3) is 0.310. The topological polar surface area (TPSA) is 86.8 Å². The first-order valence-electron chi connectivity index (χ1n) is 12.6. The van der Waals surface area contributed by atoms with Gasteiger partial charge in [0.15, 0.2) is 0 Å². The fourth-order valence-corrected chi connectivity index (χ4v) is 5.61. The minimum absolute atomic E-state index is 0.00213. The largest absolute Gasteiger partial charge is 0.352 e. The van der Waals surface area contributed by atoms with E-state index in [1.54, 1.807) is 31.2 Å². The Labute approximate surface area is 244 Å². The van der Waals surface area contributed by atoms with Gasteiger partial charge in [-0.1, -0.05) is 64.3 Å². The van der Waals surface area contributed by atoms with Crippen LogP contribution < -0.4 is 9.62 Å². The molecular formula is C29H33BrClN3O4S. The first kappa shape index (κ1) is 30.7. The highest BCUT2D eigenvalue weighted by Gasteiger charge is 2.32. The van der Waals surface area contributed by atoms with Crippen LogP contribution in [0.15, 0.2) is 82.2 Å². The molecule has 0 aromatic heterocycles. The molecular weight excluding hydrogens is 602 g/mol. The summed E-state index contributed by atoms with van der Waals surface area (Å²) in [6.07, 6.45) is 0.736. The van der Waals surface area contributed by atoms with Crippen molar-refractivity contribution in [2.75, 3.05) is 10.8 Å². The number of amides is 2. The van der Waals surface area contributed by atoms with Gasteiger partial charge in [0.1, 0.15) is 12.6 Å². The third kappa shape index (κ3) is 8.06. The number of benzene rings is 3. The van der Waals surface area contributed by atoms with E-state index in [0.29, 0.717) is 10.7 Å². The molecule has 0 radical (unpaired) electrons. The molecule has 3 aromatic carbocycles. The molecule has 0 aliphatic carbocycles. The molecule has 3 rings (SSSR count). The molecule has 0 saturated carbocycles. The molecule has 0 spiro atoms. The Morgan fingerprint density at radius 3 is 2.10 bits per heavy atom. The van der Waals surface area contributed by atoms with Gasteiger partial charge in [0.05, 0.1) is 10.6 Å². The SMILES string of the molecule is CC[C@@H](C)NC(=O)[C@@H](C)N(Cc1ccc(Br)cc1)C(=O)CN(c1ccc(C)cc1)S(=O)(=O)c1ccc(Cl)cc1. The Kier molecular flexibility index (Phi) is 10.6. The van der Waals surface area contributed by atoms with Gasteiger partial charge >= 0.3 is 0 Å². The van der Waals surface area contributed by atoms with Crippen LogP contribution in [0.1, 0.15) is 38.3 Å². The summed E-state index contributed by atoms with van der Waals surface area (Å²) in [6, 6.07) is 19.2. The summed E-state index contributed by atoms with van der Waals surface area (Å²) >= 11 is 9.40. The van der Waals surface area contributed by atoms with Gasteiger partial charge in [-0.3, -0.25) is 13.9 Å². The summed E-state index contributed by atoms with van der Waals surface area (Å²) in [6.45, 7) is 7.03. The Bertz CT molecular complexity index is 1380. The second kappa shape index (κ2) is 13.5. The quantitative estimate of drug-likeness (QED) is 0.283. The van der Waals surface area contributed by atoms with Crippen molar-refractivity contribution < 1.29 is 18.0 Å². The lowest BCUT2D eigenvalue weighted by molar-refractivity contribution is -0.139. The van der Waals surface area contributed by atoms with Gasteiger partial charge in [0.2, 0.25) is 11.8 Å². The summed E-state index contributed by atoms with van der Waals surface area (Å²) in [4.78, 5) is 28.4. The van der Waals surface area contributed by atoms with E-state index in [2.05, 4.69) is 21.2 Å². The lowest BCUT2D eigenvalue weighted by atomic mass is 10.1. The van der Waals surface area contributed by atoms with Gasteiger partial charge in [0, 0.05) is 22.1 Å². The van der Waals surface area contributed by atoms with Gasteiger partial charge in [0.25, 0.3) is 10.0 Å². The lowest BCUT2D eigenvalue weighted by Crippen LogP contribution is -2.52. The predicted molar refractivity (Wildman–Crippen MR) is 159 cm³/mol. The minimum Gasteiger partial charge on any atom is -0.352 e. The van der Waals surface area contributed by atoms with Gasteiger partial charge < -0.3 is 10.2 Å². The van der Waals surface area contributed by atoms with Crippen LogP contribution in [-0.2, 0) is 26.2 Å². The summed E-state index contributed by atoms with van der Waals surface area (Å²) < 4.78 is 29.6. The van der Waals surface area contributed by atoms with Crippen molar-refractivity contribution in [1.29, 1.82) is 0 Å². The highest BCUT2D eigenvalue weighted by molar-refractivity contribution is 9.10. The summed E-state index contributed by atoms with van der Waals surface area (Å²) in [5.41, 5.74) is 2.09. The molecule has 39 heavy (non-hydrogen) atoms. The van der Waals surface area contributed by atoms with Crippen LogP contribution in [0.3, 0.4) is 0 Å². The Morgan fingerprint density at radius 1 is 0.949 bits per heavy atom. The number of rotatable bonds is 11. The number of hydrogen-bond donors (Lipinski definition) is 1. The maximum atomic E-state index is 13.9. The van der Waals surface area contributed by atoms with E-state index in [9.17, 15) is 18.0 Å². The van der Waals surface area contributed by atoms with Crippen LogP contribution in [0.4, 0.5) is 5.69 Å². The molecule has 10 heteroatoms. The summed E-state index contributed by atoms with van der Waals surface area (Å²) in [5.74, 6) is -0.819. The molecule has 0 fully saturated rings. The number of halogens is 2. The summed E-state index contributed by atoms with van der Waals surface area (Å²) in [7, 11) is -4.14. The second-order valence-corrected chi connectivity index (χ2v) is 12.7. The van der Waals surface area contributed by atoms with E-state index in [-0.39, 0.29) is 23.4 Å². The van der Waals surface area contributed by atoms with Gasteiger partial charge in [-0.2, -0.15) is 0 Å². The van der Waals surface area contributed by atoms with Gasteiger partial charge in [-0.05, 0) is 81.3 Å². The molecule has 0 aliphatic rings. The van der Waals surface area contributed by atoms with Gasteiger partial charge in [-0.15, -0.1) is 0 Å². The van der Waals surface area contributed by atoms with Crippen LogP contribution in [0.25, 0.3) is 0 Å². The number of aryl methyl sites for hydroxylation is 1. The van der Waals surface area contributed by atoms with Crippen molar-refractivity contribution in [3.63, 3.8) is 0 Å². The standard InChI is InChI=1S/C29H33BrClN3O4S/c1-5-21(3)32-29(36)22(4)33(18-23-8-10-24(30)11-9-23)28(35)19-34(26-14-6-20(2)7-15-26)39(37,38)27-16-12-25(31)13-17-27/h6-17,21-22H,5,18-19H2,1-4H3,(H,32,36)/t21-,22-/m1/s1. The van der Waals surface area contributed by atoms with E-state index in [1.165, 1.54) is 29.2 Å². The molecule has 0 saturated heterocycles. The average molecular weight is 635 g/mol. The third-order valence-corrected chi connectivity index (χ3v) is 9.01. The zero-order valence-corrected chi connectivity index (χ0v) is 25.6. The molecule has 0 heterocycles. The maximum Gasteiger partial charge on any atom is 0.264 e. The Morgan fingerprint density at radius 2 is 1.54 bits per heavy atom. The first-order chi connectivity index (χ1) is 18.4. The number of carbonyl (C=O) groups is 2. The van der Waals surface area contributed by atoms with Crippen molar-refractivity contribution >= 4 is 55.1 Å². The molecule has 0 aliphatic heterocycles. The van der Waals surface area contributed by atoms with E-state index in [0.717, 1.165) is 26.3 Å². The van der Waals surface area contributed by atoms with Crippen LogP contribution >= 0.6 is 27.5 Å². The number of nitrogens with one attached hydrogen (secondary N) is 1. The van der Waals surface area contributed by atoms with E-state index < -0.39 is 28.5 Å². The molecule has 2 amide bonds. The highest BCUT2D eigenvalue weighted by Crippen LogP contribution is 2.26. The third-order valence-electron chi connectivity index (χ3n) is 6.44. The number of carbonyl (C=O) groups excluding carboxylic acids is 2. The van der Waals surface area contributed by atoms with Crippen molar-refractivity contribution in [3.05, 3.63) is 93.4 Å². The molecule has 208 valence electrons. The van der Waals surface area contributed by atoms with Crippen LogP contribution in [-0.4, -0.2) is 43.8 Å². The van der Waals surface area contributed by atoms with E-state index in [4.69, 9.17) is 11.6 Å². The maximum absolute atomic E-state index is 13.9. The normalized spacial score (nSPS) is 12.9. The first-order valence-corrected chi connectivity index (χ1v) is 15.2. The van der Waals surface area contributed by atoms with Crippen LogP contribution in [0.2, 0.25) is 5.02 Å². The minimum atomic E-state index is -4.14. The number of nitrogens with zero attached hydrogens (tertiary/aromatic N) is 2. The molecule has 7 nitrogen and oxygen atoms in total. The van der Waals surface area contributed by atoms with E-state index in [1.807, 2.05) is 45.0 Å². The predicted octanol–water partition coefficient (Wildman–Crippen LogP) is 5.94. The molecule has 3 aromatic rings. The van der Waals surface area contributed by atoms with Crippen LogP contribution in [0, 0.1) is 6.92 Å². The smallest absolute Gasteiger partial charge is 0.264 e. The van der Waals surface area contributed by atoms with E-state index >= 15 is 0 Å². The number of hydrogen-bond acceptors (Lipinski definition) is 4. The van der Waals surface area contributed by atoms with Crippen molar-refractivity contribution in [2.24, 2.45) is 0 Å². The average Bonchev–Trinajstić information content (AvgIpc) is 2.91. The zero-order chi connectivity index (χ0) is 28.7.